The highest BCUT2D eigenvalue weighted by Crippen LogP contribution is 2.34. The van der Waals surface area contributed by atoms with Crippen molar-refractivity contribution in [1.82, 2.24) is 14.6 Å². The number of nitrogens with one attached hydrogen (secondary N) is 1. The number of ether oxygens (including phenoxy) is 2. The number of hydrogen-bond acceptors (Lipinski definition) is 6. The van der Waals surface area contributed by atoms with Gasteiger partial charge in [0.05, 0.1) is 14.2 Å². The Balaban J connectivity index is 1.69. The van der Waals surface area contributed by atoms with Crippen LogP contribution in [0.4, 0.5) is 4.39 Å². The third-order valence-corrected chi connectivity index (χ3v) is 7.03. The number of hydrogen-bond donors (Lipinski definition) is 1. The van der Waals surface area contributed by atoms with Crippen LogP contribution < -0.4 is 14.8 Å². The fourth-order valence-corrected chi connectivity index (χ4v) is 4.89. The van der Waals surface area contributed by atoms with Gasteiger partial charge in [0.25, 0.3) is 5.91 Å². The van der Waals surface area contributed by atoms with Crippen LogP contribution in [0.25, 0.3) is 0 Å². The molecule has 10 heteroatoms. The molecule has 1 aromatic heterocycles. The lowest BCUT2D eigenvalue weighted by molar-refractivity contribution is -0.135. The molecule has 0 aliphatic carbocycles. The first-order chi connectivity index (χ1) is 14.3. The third kappa shape index (κ3) is 4.54. The van der Waals surface area contributed by atoms with Crippen molar-refractivity contribution < 1.29 is 27.1 Å². The lowest BCUT2D eigenvalue weighted by Crippen LogP contribution is -2.52. The maximum Gasteiger partial charge on any atom is 0.258 e. The van der Waals surface area contributed by atoms with Crippen LogP contribution in [0, 0.1) is 0 Å². The van der Waals surface area contributed by atoms with Crippen molar-refractivity contribution in [3.8, 4) is 11.5 Å². The second-order valence-electron chi connectivity index (χ2n) is 6.92. The second-order valence-corrected chi connectivity index (χ2v) is 8.83. The summed E-state index contributed by atoms with van der Waals surface area (Å²) >= 11 is 0. The number of amides is 1. The van der Waals surface area contributed by atoms with E-state index in [1.807, 2.05) is 0 Å². The minimum atomic E-state index is -3.95. The Kier molecular flexibility index (Phi) is 6.57. The zero-order chi connectivity index (χ0) is 21.8. The average molecular weight is 437 g/mol. The van der Waals surface area contributed by atoms with E-state index in [0.29, 0.717) is 5.75 Å². The number of halogens is 1. The Morgan fingerprint density at radius 1 is 1.17 bits per heavy atom. The zero-order valence-corrected chi connectivity index (χ0v) is 17.6. The number of methoxy groups -OCH3 is 2. The molecule has 0 bridgehead atoms. The van der Waals surface area contributed by atoms with Crippen molar-refractivity contribution in [1.29, 1.82) is 0 Å². The van der Waals surface area contributed by atoms with Gasteiger partial charge in [0.1, 0.15) is 16.4 Å². The Labute approximate surface area is 175 Å². The van der Waals surface area contributed by atoms with Gasteiger partial charge >= 0.3 is 0 Å². The molecule has 0 unspecified atom stereocenters. The molecule has 0 radical (unpaired) electrons. The van der Waals surface area contributed by atoms with Crippen LogP contribution in [0.15, 0.2) is 47.6 Å². The number of benzene rings is 1. The molecule has 1 N–H and O–H groups in total. The summed E-state index contributed by atoms with van der Waals surface area (Å²) in [5.41, 5.74) is -1.33. The monoisotopic (exact) mass is 437 g/mol. The maximum atomic E-state index is 15.2. The average Bonchev–Trinajstić information content (AvgIpc) is 2.77. The number of carbonyl (C=O) groups excluding carboxylic acids is 1. The highest BCUT2D eigenvalue weighted by Gasteiger charge is 2.44. The fraction of sp³-hybridized carbons (Fsp3) is 0.400. The highest BCUT2D eigenvalue weighted by molar-refractivity contribution is 7.89. The number of alkyl halides is 1. The van der Waals surface area contributed by atoms with Crippen LogP contribution in [-0.2, 0) is 21.4 Å². The first-order valence-electron chi connectivity index (χ1n) is 9.38. The molecule has 1 aromatic carbocycles. The van der Waals surface area contributed by atoms with Crippen LogP contribution >= 0.6 is 0 Å². The molecule has 1 saturated heterocycles. The summed E-state index contributed by atoms with van der Waals surface area (Å²) in [7, 11) is -1.14. The minimum absolute atomic E-state index is 0.0575. The van der Waals surface area contributed by atoms with Crippen LogP contribution in [0.2, 0.25) is 0 Å². The molecule has 0 saturated carbocycles. The Morgan fingerprint density at radius 3 is 2.43 bits per heavy atom. The van der Waals surface area contributed by atoms with Crippen molar-refractivity contribution >= 4 is 15.9 Å². The van der Waals surface area contributed by atoms with Gasteiger partial charge in [-0.25, -0.2) is 12.8 Å². The van der Waals surface area contributed by atoms with E-state index in [2.05, 4.69) is 10.3 Å². The van der Waals surface area contributed by atoms with E-state index in [-0.39, 0.29) is 43.1 Å². The van der Waals surface area contributed by atoms with Crippen LogP contribution in [0.1, 0.15) is 18.4 Å². The third-order valence-electron chi connectivity index (χ3n) is 5.11. The number of rotatable bonds is 7. The first kappa shape index (κ1) is 22.0. The number of aromatic nitrogens is 1. The quantitative estimate of drug-likeness (QED) is 0.711. The summed E-state index contributed by atoms with van der Waals surface area (Å²) in [5.74, 6) is -0.208. The summed E-state index contributed by atoms with van der Waals surface area (Å²) < 4.78 is 52.8. The zero-order valence-electron chi connectivity index (χ0n) is 16.8. The summed E-state index contributed by atoms with van der Waals surface area (Å²) in [5, 5.41) is 2.58. The van der Waals surface area contributed by atoms with Gasteiger partial charge in [-0.3, -0.25) is 9.78 Å². The molecule has 1 amide bonds. The molecule has 162 valence electrons. The lowest BCUT2D eigenvalue weighted by Gasteiger charge is -2.34. The maximum absolute atomic E-state index is 15.2. The van der Waals surface area contributed by atoms with Crippen molar-refractivity contribution in [3.63, 3.8) is 0 Å². The summed E-state index contributed by atoms with van der Waals surface area (Å²) in [6.45, 7) is -0.0696. The Morgan fingerprint density at radius 2 is 1.83 bits per heavy atom. The van der Waals surface area contributed by atoms with E-state index >= 15 is 4.39 Å². The van der Waals surface area contributed by atoms with E-state index in [0.717, 1.165) is 9.87 Å². The van der Waals surface area contributed by atoms with Gasteiger partial charge in [0.15, 0.2) is 5.67 Å². The molecule has 1 aliphatic rings. The predicted octanol–water partition coefficient (Wildman–Crippen LogP) is 1.91. The number of piperidine rings is 1. The number of pyridine rings is 1. The standard InChI is InChI=1S/C20H24FN3O5S/c1-28-16-3-4-17(29-2)18(13-16)30(26,27)24-11-7-20(21,8-12-24)19(25)23-14-15-5-9-22-10-6-15/h3-6,9-10,13H,7-8,11-12,14H2,1-2H3,(H,23,25). The van der Waals surface area contributed by atoms with E-state index in [9.17, 15) is 13.2 Å². The van der Waals surface area contributed by atoms with E-state index in [1.54, 1.807) is 30.6 Å². The van der Waals surface area contributed by atoms with Gasteiger partial charge in [-0.05, 0) is 29.8 Å². The van der Waals surface area contributed by atoms with Crippen molar-refractivity contribution in [2.24, 2.45) is 0 Å². The fourth-order valence-electron chi connectivity index (χ4n) is 3.27. The van der Waals surface area contributed by atoms with Crippen molar-refractivity contribution in [2.45, 2.75) is 30.0 Å². The highest BCUT2D eigenvalue weighted by atomic mass is 32.2. The van der Waals surface area contributed by atoms with E-state index in [4.69, 9.17) is 9.47 Å². The Hall–Kier alpha value is -2.72. The minimum Gasteiger partial charge on any atom is -0.497 e. The van der Waals surface area contributed by atoms with E-state index in [1.165, 1.54) is 26.4 Å². The van der Waals surface area contributed by atoms with Crippen LogP contribution in [0.5, 0.6) is 11.5 Å². The van der Waals surface area contributed by atoms with Crippen molar-refractivity contribution in [2.75, 3.05) is 27.3 Å². The summed E-state index contributed by atoms with van der Waals surface area (Å²) in [6, 6.07) is 7.91. The summed E-state index contributed by atoms with van der Waals surface area (Å²) in [4.78, 5) is 16.2. The molecule has 30 heavy (non-hydrogen) atoms. The summed E-state index contributed by atoms with van der Waals surface area (Å²) in [6.07, 6.45) is 2.70. The molecule has 8 nitrogen and oxygen atoms in total. The second kappa shape index (κ2) is 8.97. The van der Waals surface area contributed by atoms with Gasteiger partial charge in [0, 0.05) is 50.9 Å². The van der Waals surface area contributed by atoms with Gasteiger partial charge < -0.3 is 14.8 Å². The van der Waals surface area contributed by atoms with Gasteiger partial charge in [-0.1, -0.05) is 0 Å². The SMILES string of the molecule is COc1ccc(OC)c(S(=O)(=O)N2CCC(F)(C(=O)NCc3ccncc3)CC2)c1. The molecule has 3 rings (SSSR count). The number of sulfonamides is 1. The molecular weight excluding hydrogens is 413 g/mol. The lowest BCUT2D eigenvalue weighted by atomic mass is 9.93. The normalized spacial score (nSPS) is 16.6. The molecular formula is C20H24FN3O5S. The first-order valence-corrected chi connectivity index (χ1v) is 10.8. The largest absolute Gasteiger partial charge is 0.497 e. The molecule has 0 spiro atoms. The molecule has 2 aromatic rings. The van der Waals surface area contributed by atoms with Gasteiger partial charge in [-0.15, -0.1) is 0 Å². The van der Waals surface area contributed by atoms with Gasteiger partial charge in [-0.2, -0.15) is 4.31 Å². The van der Waals surface area contributed by atoms with E-state index < -0.39 is 21.6 Å². The number of nitrogens with zero attached hydrogens (tertiary/aromatic N) is 2. The molecule has 1 fully saturated rings. The van der Waals surface area contributed by atoms with Gasteiger partial charge in [0.2, 0.25) is 10.0 Å². The molecule has 0 atom stereocenters. The van der Waals surface area contributed by atoms with Crippen molar-refractivity contribution in [3.05, 3.63) is 48.3 Å². The Bertz CT molecular complexity index is 993. The number of carbonyl (C=O) groups is 1. The predicted molar refractivity (Wildman–Crippen MR) is 107 cm³/mol. The smallest absolute Gasteiger partial charge is 0.258 e. The topological polar surface area (TPSA) is 97.8 Å². The van der Waals surface area contributed by atoms with Crippen LogP contribution in [0.3, 0.4) is 0 Å². The van der Waals surface area contributed by atoms with Crippen LogP contribution in [-0.4, -0.2) is 56.6 Å². The molecule has 1 aliphatic heterocycles. The molecule has 2 heterocycles.